The Morgan fingerprint density at radius 2 is 2.06 bits per heavy atom. The average Bonchev–Trinajstić information content (AvgIpc) is 2.65. The molecule has 1 aliphatic heterocycles. The number of likely N-dealkylation sites (tertiary alicyclic amines) is 1. The van der Waals surface area contributed by atoms with Gasteiger partial charge < -0.3 is 25.8 Å². The molecule has 1 aromatic carbocycles. The van der Waals surface area contributed by atoms with Gasteiger partial charge in [0.15, 0.2) is 5.69 Å². The number of carbonyl (C=O) groups excluding carboxylic acids is 2. The molecule has 1 aromatic heterocycles. The van der Waals surface area contributed by atoms with Crippen molar-refractivity contribution in [3.8, 4) is 5.75 Å². The second-order valence-electron chi connectivity index (χ2n) is 7.38. The Morgan fingerprint density at radius 1 is 1.42 bits per heavy atom. The first-order valence-electron chi connectivity index (χ1n) is 9.22. The zero-order valence-corrected chi connectivity index (χ0v) is 19.1. The second kappa shape index (κ2) is 8.51. The zero-order chi connectivity index (χ0) is 23.1. The van der Waals surface area contributed by atoms with Crippen LogP contribution in [0, 0.1) is 9.39 Å². The number of esters is 1. The summed E-state index contributed by atoms with van der Waals surface area (Å²) in [6.07, 6.45) is 0. The van der Waals surface area contributed by atoms with Gasteiger partial charge in [0.05, 0.1) is 18.8 Å². The predicted octanol–water partition coefficient (Wildman–Crippen LogP) is 0.727. The van der Waals surface area contributed by atoms with Crippen LogP contribution in [0.3, 0.4) is 0 Å². The molecule has 2 aromatic rings. The number of aromatic nitrogens is 2. The number of rotatable bonds is 5. The Hall–Kier alpha value is -2.58. The minimum atomic E-state index is -1.25. The third-order valence-electron chi connectivity index (χ3n) is 4.91. The fourth-order valence-corrected chi connectivity index (χ4v) is 3.49. The third-order valence-corrected chi connectivity index (χ3v) is 5.58. The molecule has 0 saturated carbocycles. The van der Waals surface area contributed by atoms with E-state index in [1.807, 2.05) is 22.6 Å². The summed E-state index contributed by atoms with van der Waals surface area (Å²) in [5, 5.41) is 17.0. The number of amides is 1. The number of nitrogens with one attached hydrogen (secondary N) is 1. The number of nitrogens with zero attached hydrogens (tertiary/aromatic N) is 3. The maximum atomic E-state index is 14.4. The van der Waals surface area contributed by atoms with Crippen LogP contribution in [0.5, 0.6) is 5.75 Å². The summed E-state index contributed by atoms with van der Waals surface area (Å²) in [4.78, 5) is 38.6. The van der Waals surface area contributed by atoms with E-state index in [0.717, 1.165) is 11.6 Å². The van der Waals surface area contributed by atoms with Gasteiger partial charge in [-0.3, -0.25) is 14.4 Å². The molecule has 0 bridgehead atoms. The summed E-state index contributed by atoms with van der Waals surface area (Å²) in [7, 11) is 1.29. The first kappa shape index (κ1) is 23.1. The van der Waals surface area contributed by atoms with E-state index in [0.29, 0.717) is 3.57 Å². The van der Waals surface area contributed by atoms with E-state index in [2.05, 4.69) is 10.4 Å². The van der Waals surface area contributed by atoms with Crippen LogP contribution in [0.15, 0.2) is 23.0 Å². The highest BCUT2D eigenvalue weighted by molar-refractivity contribution is 14.1. The largest absolute Gasteiger partial charge is 0.418 e. The lowest BCUT2D eigenvalue weighted by molar-refractivity contribution is -0.131. The normalized spacial score (nSPS) is 15.8. The number of halogens is 2. The Bertz CT molecular complexity index is 1110. The summed E-state index contributed by atoms with van der Waals surface area (Å²) in [5.74, 6) is -2.59. The van der Waals surface area contributed by atoms with Crippen LogP contribution in [-0.2, 0) is 11.8 Å². The topological polar surface area (TPSA) is 140 Å². The second-order valence-corrected chi connectivity index (χ2v) is 8.62. The molecule has 1 aliphatic rings. The number of carbonyl (C=O) groups is 2. The molecule has 0 aliphatic carbocycles. The summed E-state index contributed by atoms with van der Waals surface area (Å²) in [5.41, 5.74) is 3.14. The molecule has 1 atom stereocenters. The standard InChI is InChI=1S/C19H21FIN5O5/c1-9(22)19(30)7-26(8-19)17(28)15-14(23-13-5-4-11(21)6-12(13)20)16(31-10(2)27)18(29)25(3)24-15/h4-6,9,23,30H,7-8,22H2,1-3H3/t9-/m0/s1. The molecule has 4 N–H and O–H groups in total. The van der Waals surface area contributed by atoms with E-state index in [1.54, 1.807) is 13.0 Å². The molecular formula is C19H21FIN5O5. The average molecular weight is 545 g/mol. The van der Waals surface area contributed by atoms with E-state index in [9.17, 15) is 23.9 Å². The minimum absolute atomic E-state index is 0.0474. The lowest BCUT2D eigenvalue weighted by Gasteiger charge is -2.48. The van der Waals surface area contributed by atoms with E-state index >= 15 is 0 Å². The minimum Gasteiger partial charge on any atom is -0.418 e. The van der Waals surface area contributed by atoms with Crippen molar-refractivity contribution >= 4 is 45.8 Å². The van der Waals surface area contributed by atoms with Gasteiger partial charge in [-0.05, 0) is 47.7 Å². The molecule has 1 fully saturated rings. The highest BCUT2D eigenvalue weighted by atomic mass is 127. The number of hydrogen-bond acceptors (Lipinski definition) is 8. The maximum Gasteiger partial charge on any atom is 0.311 e. The van der Waals surface area contributed by atoms with Crippen molar-refractivity contribution in [2.24, 2.45) is 12.8 Å². The lowest BCUT2D eigenvalue weighted by Crippen LogP contribution is -2.70. The quantitative estimate of drug-likeness (QED) is 0.369. The van der Waals surface area contributed by atoms with Crippen LogP contribution in [-0.4, -0.2) is 56.4 Å². The van der Waals surface area contributed by atoms with Gasteiger partial charge in [0, 0.05) is 23.6 Å². The molecule has 0 spiro atoms. The van der Waals surface area contributed by atoms with Crippen molar-refractivity contribution in [1.29, 1.82) is 0 Å². The Kier molecular flexibility index (Phi) is 6.34. The van der Waals surface area contributed by atoms with Crippen LogP contribution >= 0.6 is 22.6 Å². The highest BCUT2D eigenvalue weighted by Gasteiger charge is 2.47. The van der Waals surface area contributed by atoms with Crippen LogP contribution in [0.25, 0.3) is 0 Å². The Balaban J connectivity index is 2.09. The first-order valence-corrected chi connectivity index (χ1v) is 10.3. The van der Waals surface area contributed by atoms with Crippen molar-refractivity contribution in [1.82, 2.24) is 14.7 Å². The molecule has 0 radical (unpaired) electrons. The summed E-state index contributed by atoms with van der Waals surface area (Å²) in [6.45, 7) is 2.62. The maximum absolute atomic E-state index is 14.4. The van der Waals surface area contributed by atoms with Gasteiger partial charge in [0.2, 0.25) is 5.75 Å². The molecule has 31 heavy (non-hydrogen) atoms. The number of aryl methyl sites for hydroxylation is 1. The van der Waals surface area contributed by atoms with Gasteiger partial charge in [0.25, 0.3) is 5.91 Å². The fraction of sp³-hybridized carbons (Fsp3) is 0.368. The van der Waals surface area contributed by atoms with Crippen molar-refractivity contribution in [3.05, 3.63) is 43.6 Å². The Labute approximate surface area is 190 Å². The molecule has 12 heteroatoms. The van der Waals surface area contributed by atoms with Crippen LogP contribution in [0.2, 0.25) is 0 Å². The molecule has 1 amide bonds. The monoisotopic (exact) mass is 545 g/mol. The molecule has 1 saturated heterocycles. The lowest BCUT2D eigenvalue weighted by atomic mass is 9.87. The fourth-order valence-electron chi connectivity index (χ4n) is 3.03. The first-order chi connectivity index (χ1) is 14.4. The van der Waals surface area contributed by atoms with Crippen molar-refractivity contribution in [2.45, 2.75) is 25.5 Å². The van der Waals surface area contributed by atoms with Gasteiger partial charge in [-0.25, -0.2) is 9.07 Å². The highest BCUT2D eigenvalue weighted by Crippen LogP contribution is 2.32. The van der Waals surface area contributed by atoms with Gasteiger partial charge in [0.1, 0.15) is 17.1 Å². The van der Waals surface area contributed by atoms with E-state index in [4.69, 9.17) is 10.5 Å². The Morgan fingerprint density at radius 3 is 2.61 bits per heavy atom. The van der Waals surface area contributed by atoms with Crippen molar-refractivity contribution in [3.63, 3.8) is 0 Å². The van der Waals surface area contributed by atoms with Gasteiger partial charge in [-0.2, -0.15) is 5.10 Å². The van der Waals surface area contributed by atoms with Gasteiger partial charge in [-0.15, -0.1) is 0 Å². The summed E-state index contributed by atoms with van der Waals surface area (Å²) < 4.78 is 21.0. The summed E-state index contributed by atoms with van der Waals surface area (Å²) in [6, 6.07) is 3.72. The number of anilines is 2. The van der Waals surface area contributed by atoms with E-state index in [1.165, 1.54) is 24.1 Å². The molecular weight excluding hydrogens is 524 g/mol. The van der Waals surface area contributed by atoms with Crippen LogP contribution in [0.1, 0.15) is 24.3 Å². The molecule has 0 unspecified atom stereocenters. The number of β-amino-alcohol motifs (C(OH)–C–C–N with tert-alkyl or cyclic N) is 1. The van der Waals surface area contributed by atoms with Crippen LogP contribution in [0.4, 0.5) is 15.8 Å². The van der Waals surface area contributed by atoms with Crippen molar-refractivity contribution in [2.75, 3.05) is 18.4 Å². The third kappa shape index (κ3) is 4.55. The van der Waals surface area contributed by atoms with E-state index in [-0.39, 0.29) is 30.2 Å². The van der Waals surface area contributed by atoms with E-state index < -0.39 is 40.6 Å². The number of benzene rings is 1. The molecule has 3 rings (SSSR count). The molecule has 166 valence electrons. The van der Waals surface area contributed by atoms with Crippen LogP contribution < -0.4 is 21.3 Å². The molecule has 10 nitrogen and oxygen atoms in total. The smallest absolute Gasteiger partial charge is 0.311 e. The zero-order valence-electron chi connectivity index (χ0n) is 17.0. The molecule has 2 heterocycles. The number of ether oxygens (including phenoxy) is 1. The number of hydrogen-bond donors (Lipinski definition) is 3. The van der Waals surface area contributed by atoms with Crippen molar-refractivity contribution < 1.29 is 23.8 Å². The predicted molar refractivity (Wildman–Crippen MR) is 118 cm³/mol. The van der Waals surface area contributed by atoms with Gasteiger partial charge in [-0.1, -0.05) is 0 Å². The summed E-state index contributed by atoms with van der Waals surface area (Å²) >= 11 is 1.93. The number of nitrogens with two attached hydrogens (primary N) is 1. The van der Waals surface area contributed by atoms with Gasteiger partial charge >= 0.3 is 11.5 Å². The number of aliphatic hydroxyl groups is 1. The SMILES string of the molecule is CC(=O)Oc1c(Nc2ccc(I)cc2F)c(C(=O)N2CC(O)([C@H](C)N)C2)nn(C)c1=O.